The Labute approximate surface area is 208 Å². The minimum atomic E-state index is -4.76. The molecule has 0 aliphatic carbocycles. The molecule has 1 N–H and O–H groups in total. The molecule has 1 aromatic heterocycles. The molecule has 0 aliphatic heterocycles. The lowest BCUT2D eigenvalue weighted by Crippen LogP contribution is -2.12. The first kappa shape index (κ1) is 26.4. The molecule has 3 rings (SSSR count). The molecule has 1 heterocycles. The van der Waals surface area contributed by atoms with Crippen LogP contribution >= 0.6 is 46.7 Å². The minimum absolute atomic E-state index is 0.136. The van der Waals surface area contributed by atoms with E-state index in [1.54, 1.807) is 6.07 Å². The Hall–Kier alpha value is -2.20. The number of hydrogen-bond acceptors (Lipinski definition) is 5. The van der Waals surface area contributed by atoms with E-state index >= 15 is 0 Å². The Morgan fingerprint density at radius 1 is 1.03 bits per heavy atom. The van der Waals surface area contributed by atoms with E-state index in [4.69, 9.17) is 23.2 Å². The number of nitriles is 1. The monoisotopic (exact) mass is 556 g/mol. The number of alkyl halides is 6. The van der Waals surface area contributed by atoms with Gasteiger partial charge in [0.05, 0.1) is 20.5 Å². The highest BCUT2D eigenvalue weighted by Gasteiger charge is 2.36. The second-order valence-corrected chi connectivity index (χ2v) is 9.53. The van der Waals surface area contributed by atoms with E-state index in [-0.39, 0.29) is 18.1 Å². The molecule has 180 valence electrons. The number of nitrogens with one attached hydrogen (secondary N) is 1. The summed E-state index contributed by atoms with van der Waals surface area (Å²) in [6.45, 7) is 0.136. The van der Waals surface area contributed by atoms with Crippen LogP contribution in [-0.2, 0) is 6.18 Å². The van der Waals surface area contributed by atoms with Crippen LogP contribution in [0.15, 0.2) is 52.3 Å². The zero-order chi connectivity index (χ0) is 25.1. The maximum absolute atomic E-state index is 13.2. The number of halogens is 8. The highest BCUT2D eigenvalue weighted by molar-refractivity contribution is 8.00. The number of nitrogens with zero attached hydrogens (tertiary/aromatic N) is 3. The molecule has 0 bridgehead atoms. The van der Waals surface area contributed by atoms with Crippen molar-refractivity contribution >= 4 is 52.5 Å². The highest BCUT2D eigenvalue weighted by Crippen LogP contribution is 2.45. The Morgan fingerprint density at radius 2 is 1.65 bits per heavy atom. The third-order valence-electron chi connectivity index (χ3n) is 4.13. The first-order valence-electron chi connectivity index (χ1n) is 9.18. The molecule has 0 saturated carbocycles. The van der Waals surface area contributed by atoms with Gasteiger partial charge in [0.25, 0.3) is 0 Å². The summed E-state index contributed by atoms with van der Waals surface area (Å²) in [7, 11) is 0. The third kappa shape index (κ3) is 6.47. The number of anilines is 1. The Morgan fingerprint density at radius 3 is 2.18 bits per heavy atom. The molecule has 0 radical (unpaired) electrons. The van der Waals surface area contributed by atoms with Gasteiger partial charge >= 0.3 is 11.7 Å². The Bertz CT molecular complexity index is 1180. The standard InChI is InChI=1S/C20H12Cl2F6N4S2/c21-13-8-11(19(23,24)25)9-14(22)16(13)32-18(17(15(10-29)31-32)34-20(26,27)28)30-6-7-33-12-4-2-1-3-5-12/h1-5,8-9,30H,6-7H2. The van der Waals surface area contributed by atoms with Crippen molar-refractivity contribution < 1.29 is 26.3 Å². The maximum Gasteiger partial charge on any atom is 0.446 e. The van der Waals surface area contributed by atoms with Gasteiger partial charge in [-0.15, -0.1) is 11.8 Å². The van der Waals surface area contributed by atoms with Crippen LogP contribution in [0.2, 0.25) is 10.0 Å². The molecule has 4 nitrogen and oxygen atoms in total. The predicted molar refractivity (Wildman–Crippen MR) is 121 cm³/mol. The molecular weight excluding hydrogens is 545 g/mol. The topological polar surface area (TPSA) is 53.6 Å². The smallest absolute Gasteiger partial charge is 0.368 e. The lowest BCUT2D eigenvalue weighted by atomic mass is 10.2. The SMILES string of the molecule is N#Cc1nn(-c2c(Cl)cc(C(F)(F)F)cc2Cl)c(NCCSc2ccccc2)c1SC(F)(F)F. The minimum Gasteiger partial charge on any atom is -0.368 e. The summed E-state index contributed by atoms with van der Waals surface area (Å²) >= 11 is 12.9. The third-order valence-corrected chi connectivity index (χ3v) is 6.54. The van der Waals surface area contributed by atoms with Crippen LogP contribution in [0.25, 0.3) is 5.69 Å². The van der Waals surface area contributed by atoms with Gasteiger partial charge < -0.3 is 5.32 Å². The normalized spacial score (nSPS) is 12.0. The summed E-state index contributed by atoms with van der Waals surface area (Å²) in [6, 6.07) is 12.0. The van der Waals surface area contributed by atoms with Gasteiger partial charge in [0.2, 0.25) is 0 Å². The van der Waals surface area contributed by atoms with E-state index in [0.717, 1.165) is 9.58 Å². The maximum atomic E-state index is 13.2. The van der Waals surface area contributed by atoms with Crippen molar-refractivity contribution in [2.45, 2.75) is 21.5 Å². The molecule has 34 heavy (non-hydrogen) atoms. The van der Waals surface area contributed by atoms with E-state index < -0.39 is 49.6 Å². The van der Waals surface area contributed by atoms with Crippen molar-refractivity contribution in [2.75, 3.05) is 17.6 Å². The van der Waals surface area contributed by atoms with Crippen molar-refractivity contribution in [1.29, 1.82) is 5.26 Å². The second-order valence-electron chi connectivity index (χ2n) is 6.47. The van der Waals surface area contributed by atoms with Gasteiger partial charge in [-0.25, -0.2) is 4.68 Å². The van der Waals surface area contributed by atoms with Crippen molar-refractivity contribution in [3.8, 4) is 11.8 Å². The summed E-state index contributed by atoms with van der Waals surface area (Å²) in [5.41, 5.74) is -6.78. The molecule has 0 atom stereocenters. The van der Waals surface area contributed by atoms with Crippen molar-refractivity contribution in [1.82, 2.24) is 9.78 Å². The average Bonchev–Trinajstić information content (AvgIpc) is 3.06. The molecule has 0 fully saturated rings. The molecule has 3 aromatic rings. The van der Waals surface area contributed by atoms with Gasteiger partial charge in [0.15, 0.2) is 5.69 Å². The Kier molecular flexibility index (Phi) is 8.23. The number of rotatable bonds is 7. The fraction of sp³-hybridized carbons (Fsp3) is 0.200. The summed E-state index contributed by atoms with van der Waals surface area (Å²) in [6.07, 6.45) is -4.75. The van der Waals surface area contributed by atoms with Crippen LogP contribution in [0, 0.1) is 11.3 Å². The zero-order valence-electron chi connectivity index (χ0n) is 16.6. The summed E-state index contributed by atoms with van der Waals surface area (Å²) < 4.78 is 79.7. The van der Waals surface area contributed by atoms with Crippen LogP contribution in [0.4, 0.5) is 32.2 Å². The summed E-state index contributed by atoms with van der Waals surface area (Å²) in [5.74, 6) is 0.151. The first-order valence-corrected chi connectivity index (χ1v) is 11.7. The van der Waals surface area contributed by atoms with E-state index in [1.165, 1.54) is 11.8 Å². The highest BCUT2D eigenvalue weighted by atomic mass is 35.5. The number of hydrogen-bond donors (Lipinski definition) is 1. The van der Waals surface area contributed by atoms with Gasteiger partial charge in [0.1, 0.15) is 17.6 Å². The largest absolute Gasteiger partial charge is 0.446 e. The molecule has 0 spiro atoms. The second kappa shape index (κ2) is 10.6. The van der Waals surface area contributed by atoms with Crippen LogP contribution in [0.3, 0.4) is 0 Å². The lowest BCUT2D eigenvalue weighted by Gasteiger charge is -2.16. The van der Waals surface area contributed by atoms with Crippen LogP contribution in [0.5, 0.6) is 0 Å². The summed E-state index contributed by atoms with van der Waals surface area (Å²) in [5, 5.41) is 15.0. The van der Waals surface area contributed by atoms with Crippen molar-refractivity contribution in [2.24, 2.45) is 0 Å². The van der Waals surface area contributed by atoms with E-state index in [9.17, 15) is 31.6 Å². The van der Waals surface area contributed by atoms with E-state index in [2.05, 4.69) is 10.4 Å². The molecule has 0 amide bonds. The summed E-state index contributed by atoms with van der Waals surface area (Å²) in [4.78, 5) is 0.376. The zero-order valence-corrected chi connectivity index (χ0v) is 19.8. The van der Waals surface area contributed by atoms with Crippen molar-refractivity contribution in [3.63, 3.8) is 0 Å². The first-order chi connectivity index (χ1) is 15.9. The molecular formula is C20H12Cl2F6N4S2. The fourth-order valence-electron chi connectivity index (χ4n) is 2.79. The molecule has 2 aromatic carbocycles. The van der Waals surface area contributed by atoms with Crippen LogP contribution < -0.4 is 5.32 Å². The van der Waals surface area contributed by atoms with Crippen molar-refractivity contribution in [3.05, 3.63) is 63.8 Å². The van der Waals surface area contributed by atoms with E-state index in [1.807, 2.05) is 30.3 Å². The Balaban J connectivity index is 2.02. The fourth-order valence-corrected chi connectivity index (χ4v) is 4.90. The number of aromatic nitrogens is 2. The van der Waals surface area contributed by atoms with E-state index in [0.29, 0.717) is 17.9 Å². The van der Waals surface area contributed by atoms with Gasteiger partial charge in [-0.1, -0.05) is 41.4 Å². The lowest BCUT2D eigenvalue weighted by molar-refractivity contribution is -0.137. The van der Waals surface area contributed by atoms with Gasteiger partial charge in [-0.3, -0.25) is 0 Å². The molecule has 0 aliphatic rings. The number of benzene rings is 2. The van der Waals surface area contributed by atoms with Crippen LogP contribution in [-0.4, -0.2) is 27.6 Å². The average molecular weight is 557 g/mol. The molecule has 0 saturated heterocycles. The quantitative estimate of drug-likeness (QED) is 0.182. The molecule has 0 unspecified atom stereocenters. The predicted octanol–water partition coefficient (Wildman–Crippen LogP) is 7.89. The van der Waals surface area contributed by atoms with Crippen LogP contribution in [0.1, 0.15) is 11.3 Å². The van der Waals surface area contributed by atoms with Gasteiger partial charge in [-0.2, -0.15) is 36.7 Å². The van der Waals surface area contributed by atoms with Gasteiger partial charge in [0, 0.05) is 17.2 Å². The molecule has 14 heteroatoms. The van der Waals surface area contributed by atoms with Gasteiger partial charge in [-0.05, 0) is 36.0 Å². The number of thioether (sulfide) groups is 2.